The fraction of sp³-hybridized carbons (Fsp3) is 0.571. The number of hydrogen-bond acceptors (Lipinski definition) is 5. The molecule has 0 amide bonds. The van der Waals surface area contributed by atoms with Crippen LogP contribution in [0, 0.1) is 0 Å². The van der Waals surface area contributed by atoms with Crippen molar-refractivity contribution in [3.05, 3.63) is 11.6 Å². The van der Waals surface area contributed by atoms with Crippen molar-refractivity contribution in [1.82, 2.24) is 14.8 Å². The fourth-order valence-corrected chi connectivity index (χ4v) is 0.837. The Bertz CT molecular complexity index is 308. The zero-order valence-electron chi connectivity index (χ0n) is 7.52. The molecule has 6 nitrogen and oxygen atoms in total. The lowest BCUT2D eigenvalue weighted by molar-refractivity contribution is 0.0511. The van der Waals surface area contributed by atoms with E-state index in [0.717, 1.165) is 0 Å². The highest BCUT2D eigenvalue weighted by Gasteiger charge is 2.14. The highest BCUT2D eigenvalue weighted by molar-refractivity contribution is 5.84. The van der Waals surface area contributed by atoms with E-state index in [1.807, 2.05) is 0 Å². The molecule has 0 unspecified atom stereocenters. The third-order valence-electron chi connectivity index (χ3n) is 1.45. The minimum atomic E-state index is -0.571. The van der Waals surface area contributed by atoms with Crippen molar-refractivity contribution >= 4 is 5.97 Å². The highest BCUT2D eigenvalue weighted by atomic mass is 16.5. The molecule has 0 radical (unpaired) electrons. The number of aliphatic hydroxyl groups is 1. The SMILES string of the molecule is CCOC(=O)c1nc(CO)n(C)n1. The van der Waals surface area contributed by atoms with Crippen LogP contribution in [-0.2, 0) is 18.4 Å². The van der Waals surface area contributed by atoms with Gasteiger partial charge in [0.1, 0.15) is 6.61 Å². The summed E-state index contributed by atoms with van der Waals surface area (Å²) >= 11 is 0. The van der Waals surface area contributed by atoms with Crippen molar-refractivity contribution < 1.29 is 14.6 Å². The zero-order valence-corrected chi connectivity index (χ0v) is 7.52. The molecule has 0 aliphatic heterocycles. The van der Waals surface area contributed by atoms with Crippen LogP contribution in [-0.4, -0.2) is 32.4 Å². The van der Waals surface area contributed by atoms with Gasteiger partial charge in [-0.15, -0.1) is 5.10 Å². The molecule has 1 aromatic heterocycles. The van der Waals surface area contributed by atoms with Gasteiger partial charge in [-0.05, 0) is 6.92 Å². The van der Waals surface area contributed by atoms with Crippen LogP contribution in [0.5, 0.6) is 0 Å². The van der Waals surface area contributed by atoms with Gasteiger partial charge in [0.15, 0.2) is 5.82 Å². The van der Waals surface area contributed by atoms with Crippen LogP contribution in [0.1, 0.15) is 23.4 Å². The lowest BCUT2D eigenvalue weighted by Crippen LogP contribution is -2.07. The van der Waals surface area contributed by atoms with E-state index in [1.165, 1.54) is 4.68 Å². The van der Waals surface area contributed by atoms with E-state index < -0.39 is 5.97 Å². The first-order valence-corrected chi connectivity index (χ1v) is 3.87. The molecule has 72 valence electrons. The average Bonchev–Trinajstić information content (AvgIpc) is 2.47. The number of aromatic nitrogens is 3. The molecule has 1 heterocycles. The Labute approximate surface area is 75.2 Å². The normalized spacial score (nSPS) is 10.1. The van der Waals surface area contributed by atoms with Crippen molar-refractivity contribution in [1.29, 1.82) is 0 Å². The van der Waals surface area contributed by atoms with E-state index >= 15 is 0 Å². The topological polar surface area (TPSA) is 77.2 Å². The Morgan fingerprint density at radius 3 is 2.85 bits per heavy atom. The minimum Gasteiger partial charge on any atom is -0.460 e. The maximum atomic E-state index is 11.1. The second-order valence-corrected chi connectivity index (χ2v) is 2.35. The number of aryl methyl sites for hydroxylation is 1. The molecule has 0 bridgehead atoms. The maximum absolute atomic E-state index is 11.1. The largest absolute Gasteiger partial charge is 0.460 e. The number of rotatable bonds is 3. The summed E-state index contributed by atoms with van der Waals surface area (Å²) in [5.74, 6) is -0.255. The van der Waals surface area contributed by atoms with E-state index in [2.05, 4.69) is 14.8 Å². The molecule has 0 saturated carbocycles. The lowest BCUT2D eigenvalue weighted by atomic mass is 10.6. The number of esters is 1. The van der Waals surface area contributed by atoms with Crippen molar-refractivity contribution in [2.75, 3.05) is 6.61 Å². The van der Waals surface area contributed by atoms with Crippen LogP contribution in [0.2, 0.25) is 0 Å². The molecular formula is C7H11N3O3. The van der Waals surface area contributed by atoms with Gasteiger partial charge >= 0.3 is 5.97 Å². The molecule has 0 spiro atoms. The van der Waals surface area contributed by atoms with E-state index in [-0.39, 0.29) is 19.0 Å². The molecule has 0 aromatic carbocycles. The van der Waals surface area contributed by atoms with E-state index in [1.54, 1.807) is 14.0 Å². The monoisotopic (exact) mass is 185 g/mol. The molecule has 0 aliphatic carbocycles. The number of nitrogens with zero attached hydrogens (tertiary/aromatic N) is 3. The fourth-order valence-electron chi connectivity index (χ4n) is 0.837. The predicted molar refractivity (Wildman–Crippen MR) is 42.9 cm³/mol. The first kappa shape index (κ1) is 9.66. The van der Waals surface area contributed by atoms with Crippen LogP contribution in [0.25, 0.3) is 0 Å². The van der Waals surface area contributed by atoms with Gasteiger partial charge in [0, 0.05) is 7.05 Å². The molecule has 6 heteroatoms. The van der Waals surface area contributed by atoms with Gasteiger partial charge in [-0.2, -0.15) is 0 Å². The Balaban J connectivity index is 2.84. The summed E-state index contributed by atoms with van der Waals surface area (Å²) in [4.78, 5) is 14.9. The summed E-state index contributed by atoms with van der Waals surface area (Å²) in [6, 6.07) is 0. The van der Waals surface area contributed by atoms with E-state index in [0.29, 0.717) is 5.82 Å². The highest BCUT2D eigenvalue weighted by Crippen LogP contribution is 1.98. The second-order valence-electron chi connectivity index (χ2n) is 2.35. The summed E-state index contributed by atoms with van der Waals surface area (Å²) < 4.78 is 6.02. The number of carbonyl (C=O) groups is 1. The van der Waals surface area contributed by atoms with Crippen molar-refractivity contribution in [2.45, 2.75) is 13.5 Å². The Morgan fingerprint density at radius 2 is 2.38 bits per heavy atom. The van der Waals surface area contributed by atoms with Crippen molar-refractivity contribution in [3.8, 4) is 0 Å². The number of aliphatic hydroxyl groups excluding tert-OH is 1. The van der Waals surface area contributed by atoms with Crippen LogP contribution in [0.4, 0.5) is 0 Å². The molecule has 0 saturated heterocycles. The van der Waals surface area contributed by atoms with Crippen LogP contribution in [0.3, 0.4) is 0 Å². The lowest BCUT2D eigenvalue weighted by Gasteiger charge is -1.94. The quantitative estimate of drug-likeness (QED) is 0.641. The molecule has 0 aliphatic rings. The van der Waals surface area contributed by atoms with Crippen molar-refractivity contribution in [3.63, 3.8) is 0 Å². The summed E-state index contributed by atoms with van der Waals surface area (Å²) in [5, 5.41) is 12.5. The summed E-state index contributed by atoms with van der Waals surface area (Å²) in [6.07, 6.45) is 0. The smallest absolute Gasteiger partial charge is 0.378 e. The van der Waals surface area contributed by atoms with Gasteiger partial charge in [0.2, 0.25) is 0 Å². The van der Waals surface area contributed by atoms with Gasteiger partial charge in [0.05, 0.1) is 6.61 Å². The minimum absolute atomic E-state index is 0.0200. The Kier molecular flexibility index (Phi) is 2.97. The third-order valence-corrected chi connectivity index (χ3v) is 1.45. The van der Waals surface area contributed by atoms with Gasteiger partial charge < -0.3 is 9.84 Å². The molecular weight excluding hydrogens is 174 g/mol. The van der Waals surface area contributed by atoms with Gasteiger partial charge in [-0.1, -0.05) is 0 Å². The Hall–Kier alpha value is -1.43. The summed E-state index contributed by atoms with van der Waals surface area (Å²) in [6.45, 7) is 1.74. The van der Waals surface area contributed by atoms with E-state index in [9.17, 15) is 4.79 Å². The molecule has 13 heavy (non-hydrogen) atoms. The van der Waals surface area contributed by atoms with Crippen LogP contribution >= 0.6 is 0 Å². The average molecular weight is 185 g/mol. The molecule has 0 fully saturated rings. The molecule has 1 aromatic rings. The summed E-state index contributed by atoms with van der Waals surface area (Å²) in [5.41, 5.74) is 0. The standard InChI is InChI=1S/C7H11N3O3/c1-3-13-7(12)6-8-5(4-11)10(2)9-6/h11H,3-4H2,1-2H3. The van der Waals surface area contributed by atoms with Gasteiger partial charge in [-0.25, -0.2) is 9.78 Å². The summed E-state index contributed by atoms with van der Waals surface area (Å²) in [7, 11) is 1.60. The van der Waals surface area contributed by atoms with Crippen LogP contribution in [0.15, 0.2) is 0 Å². The van der Waals surface area contributed by atoms with Crippen molar-refractivity contribution in [2.24, 2.45) is 7.05 Å². The number of ether oxygens (including phenoxy) is 1. The molecule has 1 N–H and O–H groups in total. The van der Waals surface area contributed by atoms with Gasteiger partial charge in [-0.3, -0.25) is 4.68 Å². The first-order valence-electron chi connectivity index (χ1n) is 3.87. The first-order chi connectivity index (χ1) is 6.19. The number of hydrogen-bond donors (Lipinski definition) is 1. The Morgan fingerprint density at radius 1 is 1.69 bits per heavy atom. The predicted octanol–water partition coefficient (Wildman–Crippen LogP) is -0.516. The zero-order chi connectivity index (χ0) is 9.84. The maximum Gasteiger partial charge on any atom is 0.378 e. The second kappa shape index (κ2) is 3.99. The van der Waals surface area contributed by atoms with Crippen LogP contribution < -0.4 is 0 Å². The molecule has 0 atom stereocenters. The van der Waals surface area contributed by atoms with E-state index in [4.69, 9.17) is 5.11 Å². The molecule has 1 rings (SSSR count). The third kappa shape index (κ3) is 2.03. The van der Waals surface area contributed by atoms with Gasteiger partial charge in [0.25, 0.3) is 5.82 Å². The number of carbonyl (C=O) groups excluding carboxylic acids is 1.